The van der Waals surface area contributed by atoms with Gasteiger partial charge in [-0.05, 0) is 6.92 Å². The first kappa shape index (κ1) is 10.8. The molecule has 1 atom stereocenters. The molecule has 0 saturated heterocycles. The van der Waals surface area contributed by atoms with Crippen molar-refractivity contribution in [1.82, 2.24) is 0 Å². The van der Waals surface area contributed by atoms with Crippen LogP contribution in [0.4, 0.5) is 13.2 Å². The van der Waals surface area contributed by atoms with Crippen molar-refractivity contribution in [3.63, 3.8) is 0 Å². The molecular weight excluding hydrogens is 181 g/mol. The van der Waals surface area contributed by atoms with Crippen LogP contribution in [-0.4, -0.2) is 28.3 Å². The number of Topliss-reactive ketones (excluding diaryl/α,β-unsaturated/α-hetero) is 1. The highest BCUT2D eigenvalue weighted by molar-refractivity contribution is 8.00. The first-order valence-electron chi connectivity index (χ1n) is 2.73. The highest BCUT2D eigenvalue weighted by Crippen LogP contribution is 2.19. The molecule has 0 rings (SSSR count). The lowest BCUT2D eigenvalue weighted by Crippen LogP contribution is -2.25. The van der Waals surface area contributed by atoms with Crippen molar-refractivity contribution in [3.8, 4) is 0 Å². The van der Waals surface area contributed by atoms with Crippen LogP contribution in [0.25, 0.3) is 0 Å². The smallest absolute Gasteiger partial charge is 0.383 e. The van der Waals surface area contributed by atoms with Gasteiger partial charge in [-0.25, -0.2) is 0 Å². The Bertz CT molecular complexity index is 143. The molecule has 2 nitrogen and oxygen atoms in total. The molecule has 0 radical (unpaired) electrons. The lowest BCUT2D eigenvalue weighted by atomic mass is 10.4. The third kappa shape index (κ3) is 5.09. The first-order valence-corrected chi connectivity index (χ1v) is 3.78. The predicted molar refractivity (Wildman–Crippen MR) is 35.2 cm³/mol. The molecule has 0 aromatic carbocycles. The van der Waals surface area contributed by atoms with Crippen LogP contribution < -0.4 is 0 Å². The first-order chi connectivity index (χ1) is 4.84. The van der Waals surface area contributed by atoms with Gasteiger partial charge < -0.3 is 5.11 Å². The number of carbonyl (C=O) groups is 1. The molecule has 0 amide bonds. The number of thioether (sulfide) groups is 1. The van der Waals surface area contributed by atoms with E-state index in [1.807, 2.05) is 0 Å². The fraction of sp³-hybridized carbons (Fsp3) is 0.800. The van der Waals surface area contributed by atoms with E-state index in [9.17, 15) is 18.0 Å². The second kappa shape index (κ2) is 3.96. The molecule has 0 fully saturated rings. The van der Waals surface area contributed by atoms with Gasteiger partial charge in [0.25, 0.3) is 0 Å². The molecule has 0 bridgehead atoms. The summed E-state index contributed by atoms with van der Waals surface area (Å²) in [5, 5.41) is 8.51. The fourth-order valence-electron chi connectivity index (χ4n) is 0.278. The van der Waals surface area contributed by atoms with E-state index in [4.69, 9.17) is 5.11 Å². The topological polar surface area (TPSA) is 37.3 Å². The highest BCUT2D eigenvalue weighted by Gasteiger charge is 2.37. The summed E-state index contributed by atoms with van der Waals surface area (Å²) in [4.78, 5) is 10.1. The van der Waals surface area contributed by atoms with Gasteiger partial charge in [0, 0.05) is 0 Å². The lowest BCUT2D eigenvalue weighted by Gasteiger charge is -2.05. The van der Waals surface area contributed by atoms with Crippen molar-refractivity contribution in [2.24, 2.45) is 0 Å². The molecule has 6 heteroatoms. The van der Waals surface area contributed by atoms with Gasteiger partial charge >= 0.3 is 6.18 Å². The number of rotatable bonds is 3. The number of aliphatic hydroxyl groups excluding tert-OH is 1. The van der Waals surface area contributed by atoms with E-state index in [2.05, 4.69) is 0 Å². The Morgan fingerprint density at radius 3 is 2.36 bits per heavy atom. The maximum atomic E-state index is 11.5. The number of hydrogen-bond acceptors (Lipinski definition) is 3. The van der Waals surface area contributed by atoms with Crippen LogP contribution in [0.1, 0.15) is 6.92 Å². The number of aliphatic hydroxyl groups is 1. The van der Waals surface area contributed by atoms with Crippen molar-refractivity contribution >= 4 is 17.5 Å². The second-order valence-corrected chi connectivity index (χ2v) is 3.14. The van der Waals surface area contributed by atoms with E-state index in [1.165, 1.54) is 6.92 Å². The van der Waals surface area contributed by atoms with Crippen molar-refractivity contribution < 1.29 is 23.1 Å². The van der Waals surface area contributed by atoms with E-state index in [-0.39, 0.29) is 0 Å². The molecule has 11 heavy (non-hydrogen) atoms. The molecule has 0 spiro atoms. The van der Waals surface area contributed by atoms with Crippen molar-refractivity contribution in [2.45, 2.75) is 18.5 Å². The number of hydrogen-bond donors (Lipinski definition) is 1. The number of alkyl halides is 3. The van der Waals surface area contributed by atoms with Gasteiger partial charge in [-0.2, -0.15) is 13.2 Å². The summed E-state index contributed by atoms with van der Waals surface area (Å²) in [7, 11) is 0. The summed E-state index contributed by atoms with van der Waals surface area (Å²) in [5.74, 6) is -2.54. The average Bonchev–Trinajstić information content (AvgIpc) is 1.80. The zero-order valence-electron chi connectivity index (χ0n) is 5.68. The second-order valence-electron chi connectivity index (χ2n) is 1.83. The zero-order valence-corrected chi connectivity index (χ0v) is 6.50. The summed E-state index contributed by atoms with van der Waals surface area (Å²) in [6.07, 6.45) is -4.78. The van der Waals surface area contributed by atoms with E-state index < -0.39 is 23.1 Å². The predicted octanol–water partition coefficient (Wildman–Crippen LogP) is 1.19. The molecule has 66 valence electrons. The van der Waals surface area contributed by atoms with Gasteiger partial charge in [0.05, 0.1) is 11.2 Å². The van der Waals surface area contributed by atoms with Crippen LogP contribution in [0.3, 0.4) is 0 Å². The summed E-state index contributed by atoms with van der Waals surface area (Å²) in [5.41, 5.74) is -0.943. The zero-order chi connectivity index (χ0) is 9.07. The molecule has 0 aliphatic rings. The maximum Gasteiger partial charge on any atom is 0.450 e. The monoisotopic (exact) mass is 188 g/mol. The summed E-state index contributed by atoms with van der Waals surface area (Å²) in [6, 6.07) is 0. The van der Waals surface area contributed by atoms with Gasteiger partial charge in [-0.15, -0.1) is 11.8 Å². The molecule has 0 heterocycles. The van der Waals surface area contributed by atoms with Crippen molar-refractivity contribution in [3.05, 3.63) is 0 Å². The molecule has 0 saturated carbocycles. The highest BCUT2D eigenvalue weighted by atomic mass is 32.2. The molecule has 0 aliphatic carbocycles. The standard InChI is InChI=1S/C5H7F3O2S/c1-3(9)11-2-4(10)5(6,7)8/h3,9H,2H2,1H3. The van der Waals surface area contributed by atoms with Gasteiger partial charge in [0.2, 0.25) is 5.78 Å². The van der Waals surface area contributed by atoms with E-state index in [1.54, 1.807) is 0 Å². The molecule has 0 aromatic rings. The molecular formula is C5H7F3O2S. The third-order valence-corrected chi connectivity index (χ3v) is 1.68. The van der Waals surface area contributed by atoms with Crippen LogP contribution >= 0.6 is 11.8 Å². The van der Waals surface area contributed by atoms with Gasteiger partial charge in [-0.3, -0.25) is 4.79 Å². The van der Waals surface area contributed by atoms with Gasteiger partial charge in [0.15, 0.2) is 0 Å². The van der Waals surface area contributed by atoms with Gasteiger partial charge in [0.1, 0.15) is 0 Å². The quantitative estimate of drug-likeness (QED) is 0.676. The Labute approximate surface area is 65.8 Å². The minimum absolute atomic E-state index is 0.552. The summed E-state index contributed by atoms with van der Waals surface area (Å²) < 4.78 is 34.4. The maximum absolute atomic E-state index is 11.5. The Hall–Kier alpha value is -0.230. The fourth-order valence-corrected chi connectivity index (χ4v) is 0.834. The SMILES string of the molecule is CC(O)SCC(=O)C(F)(F)F. The molecule has 1 N–H and O–H groups in total. The minimum Gasteiger partial charge on any atom is -0.383 e. The Balaban J connectivity index is 3.71. The Kier molecular flexibility index (Phi) is 3.88. The normalized spacial score (nSPS) is 14.6. The number of carbonyl (C=O) groups excluding carboxylic acids is 1. The van der Waals surface area contributed by atoms with Crippen LogP contribution in [-0.2, 0) is 4.79 Å². The Morgan fingerprint density at radius 2 is 2.09 bits per heavy atom. The van der Waals surface area contributed by atoms with Crippen LogP contribution in [0.15, 0.2) is 0 Å². The average molecular weight is 188 g/mol. The van der Waals surface area contributed by atoms with E-state index >= 15 is 0 Å². The number of halogens is 3. The third-order valence-electron chi connectivity index (χ3n) is 0.772. The van der Waals surface area contributed by atoms with Crippen LogP contribution in [0.5, 0.6) is 0 Å². The lowest BCUT2D eigenvalue weighted by molar-refractivity contribution is -0.167. The van der Waals surface area contributed by atoms with Gasteiger partial charge in [-0.1, -0.05) is 0 Å². The largest absolute Gasteiger partial charge is 0.450 e. The molecule has 0 aromatic heterocycles. The van der Waals surface area contributed by atoms with Crippen molar-refractivity contribution in [2.75, 3.05) is 5.75 Å². The summed E-state index contributed by atoms with van der Waals surface area (Å²) >= 11 is 0.552. The van der Waals surface area contributed by atoms with E-state index in [0.717, 1.165) is 0 Å². The molecule has 0 aliphatic heterocycles. The van der Waals surface area contributed by atoms with E-state index in [0.29, 0.717) is 11.8 Å². The Morgan fingerprint density at radius 1 is 1.64 bits per heavy atom. The van der Waals surface area contributed by atoms with Crippen LogP contribution in [0.2, 0.25) is 0 Å². The molecule has 1 unspecified atom stereocenters. The number of ketones is 1. The van der Waals surface area contributed by atoms with Crippen molar-refractivity contribution in [1.29, 1.82) is 0 Å². The summed E-state index contributed by atoms with van der Waals surface area (Å²) in [6.45, 7) is 1.30. The minimum atomic E-state index is -4.78. The van der Waals surface area contributed by atoms with Crippen LogP contribution in [0, 0.1) is 0 Å².